The summed E-state index contributed by atoms with van der Waals surface area (Å²) < 4.78 is 0.856. The van der Waals surface area contributed by atoms with Crippen LogP contribution in [0.25, 0.3) is 0 Å². The summed E-state index contributed by atoms with van der Waals surface area (Å²) in [5.74, 6) is 0.671. The van der Waals surface area contributed by atoms with Crippen molar-refractivity contribution >= 4 is 0 Å². The molecule has 2 nitrogen and oxygen atoms in total. The Morgan fingerprint density at radius 2 is 1.64 bits per heavy atom. The van der Waals surface area contributed by atoms with Crippen molar-refractivity contribution in [1.82, 2.24) is 0 Å². The minimum Gasteiger partial charge on any atom is -0.390 e. The van der Waals surface area contributed by atoms with E-state index < -0.39 is 0 Å². The minimum atomic E-state index is 0.293. The normalized spacial score (nSPS) is 15.5. The number of aliphatic hydroxyl groups is 1. The second kappa shape index (κ2) is 4.07. The van der Waals surface area contributed by atoms with E-state index in [0.29, 0.717) is 18.6 Å². The maximum atomic E-state index is 9.09. The first-order valence-electron chi connectivity index (χ1n) is 4.30. The van der Waals surface area contributed by atoms with Crippen LogP contribution in [0, 0.1) is 5.92 Å². The van der Waals surface area contributed by atoms with E-state index in [-0.39, 0.29) is 0 Å². The molecule has 0 aliphatic heterocycles. The zero-order chi connectivity index (χ0) is 9.07. The van der Waals surface area contributed by atoms with Gasteiger partial charge in [0.1, 0.15) is 6.04 Å². The summed E-state index contributed by atoms with van der Waals surface area (Å²) in [7, 11) is 6.38. The Morgan fingerprint density at radius 3 is 1.73 bits per heavy atom. The van der Waals surface area contributed by atoms with Crippen LogP contribution in [-0.2, 0) is 0 Å². The molecule has 0 saturated heterocycles. The minimum absolute atomic E-state index is 0.293. The molecule has 0 aromatic rings. The molecule has 0 aromatic carbocycles. The summed E-state index contributed by atoms with van der Waals surface area (Å²) in [6.45, 7) is 4.68. The van der Waals surface area contributed by atoms with Crippen molar-refractivity contribution < 1.29 is 9.59 Å². The lowest BCUT2D eigenvalue weighted by molar-refractivity contribution is -0.897. The Bertz CT molecular complexity index is 105. The van der Waals surface area contributed by atoms with Crippen LogP contribution in [-0.4, -0.2) is 43.4 Å². The summed E-state index contributed by atoms with van der Waals surface area (Å²) >= 11 is 0. The first-order valence-corrected chi connectivity index (χ1v) is 4.30. The Balaban J connectivity index is 3.96. The fourth-order valence-electron chi connectivity index (χ4n) is 1.18. The van der Waals surface area contributed by atoms with Crippen LogP contribution in [0.15, 0.2) is 0 Å². The second-order valence-corrected chi connectivity index (χ2v) is 4.58. The molecule has 0 radical (unpaired) electrons. The van der Waals surface area contributed by atoms with E-state index in [2.05, 4.69) is 35.0 Å². The highest BCUT2D eigenvalue weighted by atomic mass is 16.3. The Morgan fingerprint density at radius 1 is 1.18 bits per heavy atom. The van der Waals surface area contributed by atoms with Gasteiger partial charge in [-0.15, -0.1) is 0 Å². The summed E-state index contributed by atoms with van der Waals surface area (Å²) in [6, 6.07) is 0.384. The van der Waals surface area contributed by atoms with Crippen LogP contribution in [0.2, 0.25) is 0 Å². The van der Waals surface area contributed by atoms with Gasteiger partial charge in [0.15, 0.2) is 0 Å². The van der Waals surface area contributed by atoms with Crippen LogP contribution in [0.1, 0.15) is 20.3 Å². The quantitative estimate of drug-likeness (QED) is 0.611. The highest BCUT2D eigenvalue weighted by molar-refractivity contribution is 4.58. The number of nitrogens with zero attached hydrogens (tertiary/aromatic N) is 1. The number of likely N-dealkylation sites (N-methyl/N-ethyl adjacent to an activating group) is 1. The van der Waals surface area contributed by atoms with Crippen molar-refractivity contribution in [2.75, 3.05) is 27.7 Å². The summed E-state index contributed by atoms with van der Waals surface area (Å²) in [4.78, 5) is 0. The van der Waals surface area contributed by atoms with E-state index in [1.54, 1.807) is 0 Å². The predicted octanol–water partition coefficient (Wildman–Crippen LogP) is 1.10. The van der Waals surface area contributed by atoms with Gasteiger partial charge in [0.05, 0.1) is 27.7 Å². The smallest absolute Gasteiger partial charge is 0.112 e. The summed E-state index contributed by atoms with van der Waals surface area (Å²) in [5, 5.41) is 9.09. The number of quaternary nitrogens is 1. The monoisotopic (exact) mass is 160 g/mol. The molecule has 0 amide bonds. The van der Waals surface area contributed by atoms with E-state index in [4.69, 9.17) is 5.11 Å². The molecule has 1 N–H and O–H groups in total. The molecule has 2 heteroatoms. The fraction of sp³-hybridized carbons (Fsp3) is 1.00. The molecule has 68 valence electrons. The zero-order valence-corrected chi connectivity index (χ0v) is 8.46. The Hall–Kier alpha value is -0.0800. The van der Waals surface area contributed by atoms with Gasteiger partial charge in [-0.2, -0.15) is 0 Å². The van der Waals surface area contributed by atoms with Gasteiger partial charge in [0, 0.05) is 6.42 Å². The van der Waals surface area contributed by atoms with Gasteiger partial charge in [-0.3, -0.25) is 0 Å². The first kappa shape index (κ1) is 10.9. The Labute approximate surface area is 70.4 Å². The molecular weight excluding hydrogens is 138 g/mol. The molecule has 0 unspecified atom stereocenters. The number of rotatable bonds is 4. The van der Waals surface area contributed by atoms with E-state index in [1.165, 1.54) is 0 Å². The number of aliphatic hydroxyl groups excluding tert-OH is 1. The molecule has 0 aromatic heterocycles. The van der Waals surface area contributed by atoms with E-state index in [1.807, 2.05) is 0 Å². The van der Waals surface area contributed by atoms with Gasteiger partial charge in [-0.05, 0) is 5.92 Å². The molecule has 0 aliphatic rings. The lowest BCUT2D eigenvalue weighted by atomic mass is 10.0. The summed E-state index contributed by atoms with van der Waals surface area (Å²) in [6.07, 6.45) is 1.10. The lowest BCUT2D eigenvalue weighted by Gasteiger charge is -2.33. The fourth-order valence-corrected chi connectivity index (χ4v) is 1.18. The summed E-state index contributed by atoms with van der Waals surface area (Å²) in [5.41, 5.74) is 0. The van der Waals surface area contributed by atoms with E-state index >= 15 is 0 Å². The molecule has 0 saturated carbocycles. The van der Waals surface area contributed by atoms with Gasteiger partial charge in [0.2, 0.25) is 0 Å². The van der Waals surface area contributed by atoms with E-state index in [9.17, 15) is 0 Å². The van der Waals surface area contributed by atoms with Crippen LogP contribution in [0.5, 0.6) is 0 Å². The van der Waals surface area contributed by atoms with Crippen molar-refractivity contribution in [3.63, 3.8) is 0 Å². The van der Waals surface area contributed by atoms with Crippen molar-refractivity contribution in [3.8, 4) is 0 Å². The average molecular weight is 160 g/mol. The second-order valence-electron chi connectivity index (χ2n) is 4.58. The highest BCUT2D eigenvalue weighted by Crippen LogP contribution is 2.12. The van der Waals surface area contributed by atoms with Gasteiger partial charge < -0.3 is 9.59 Å². The largest absolute Gasteiger partial charge is 0.390 e. The van der Waals surface area contributed by atoms with Crippen LogP contribution in [0.3, 0.4) is 0 Å². The number of hydrogen-bond acceptors (Lipinski definition) is 1. The molecule has 0 spiro atoms. The molecule has 0 rings (SSSR count). The van der Waals surface area contributed by atoms with Crippen LogP contribution >= 0.6 is 0 Å². The zero-order valence-electron chi connectivity index (χ0n) is 8.46. The third-order valence-electron chi connectivity index (χ3n) is 2.05. The molecule has 0 aliphatic carbocycles. The van der Waals surface area contributed by atoms with Crippen molar-refractivity contribution in [3.05, 3.63) is 0 Å². The Kier molecular flexibility index (Phi) is 4.04. The van der Waals surface area contributed by atoms with Crippen molar-refractivity contribution in [1.29, 1.82) is 0 Å². The van der Waals surface area contributed by atoms with Gasteiger partial charge >= 0.3 is 0 Å². The van der Waals surface area contributed by atoms with Crippen molar-refractivity contribution in [2.24, 2.45) is 5.92 Å². The molecular formula is C9H22NO+. The molecule has 0 bridgehead atoms. The first-order chi connectivity index (χ1) is 4.88. The van der Waals surface area contributed by atoms with Gasteiger partial charge in [0.25, 0.3) is 0 Å². The van der Waals surface area contributed by atoms with Crippen LogP contribution < -0.4 is 0 Å². The molecule has 11 heavy (non-hydrogen) atoms. The van der Waals surface area contributed by atoms with Crippen molar-refractivity contribution in [2.45, 2.75) is 26.3 Å². The molecule has 0 heterocycles. The highest BCUT2D eigenvalue weighted by Gasteiger charge is 2.23. The molecule has 1 atom stereocenters. The number of hydrogen-bond donors (Lipinski definition) is 1. The third-order valence-corrected chi connectivity index (χ3v) is 2.05. The maximum absolute atomic E-state index is 9.09. The lowest BCUT2D eigenvalue weighted by Crippen LogP contribution is -2.47. The SMILES string of the molecule is CC(C)C[C@H](CO)[N+](C)(C)C. The maximum Gasteiger partial charge on any atom is 0.112 e. The average Bonchev–Trinajstić information content (AvgIpc) is 1.79. The standard InChI is InChI=1S/C9H22NO/c1-8(2)6-9(7-11)10(3,4)5/h8-9,11H,6-7H2,1-5H3/q+1/t9-/m1/s1. The molecule has 0 fully saturated rings. The van der Waals surface area contributed by atoms with Gasteiger partial charge in [-0.1, -0.05) is 13.8 Å². The van der Waals surface area contributed by atoms with Crippen LogP contribution in [0.4, 0.5) is 0 Å². The van der Waals surface area contributed by atoms with Gasteiger partial charge in [-0.25, -0.2) is 0 Å². The topological polar surface area (TPSA) is 20.2 Å². The van der Waals surface area contributed by atoms with E-state index in [0.717, 1.165) is 10.9 Å². The predicted molar refractivity (Wildman–Crippen MR) is 48.4 cm³/mol. The third kappa shape index (κ3) is 4.38.